The molecule has 0 unspecified atom stereocenters. The van der Waals surface area contributed by atoms with Crippen molar-refractivity contribution < 1.29 is 4.74 Å². The van der Waals surface area contributed by atoms with Crippen LogP contribution in [-0.2, 0) is 13.1 Å². The SMILES string of the molecule is COc1cccc(-n2c(=O)n(Cc3ccccc3)c(=O)c3c2ncn3Cc2ccccc2)c1. The number of imidazole rings is 1. The van der Waals surface area contributed by atoms with E-state index in [1.165, 1.54) is 9.13 Å². The van der Waals surface area contributed by atoms with E-state index in [-0.39, 0.29) is 12.1 Å². The molecule has 0 spiro atoms. The topological polar surface area (TPSA) is 71.1 Å². The van der Waals surface area contributed by atoms with E-state index in [0.717, 1.165) is 11.1 Å². The van der Waals surface area contributed by atoms with Gasteiger partial charge in [-0.1, -0.05) is 66.7 Å². The van der Waals surface area contributed by atoms with Gasteiger partial charge in [-0.25, -0.2) is 14.3 Å². The number of ether oxygens (including phenoxy) is 1. The highest BCUT2D eigenvalue weighted by Crippen LogP contribution is 2.19. The molecule has 5 aromatic rings. The fourth-order valence-electron chi connectivity index (χ4n) is 3.97. The van der Waals surface area contributed by atoms with Crippen LogP contribution in [0.15, 0.2) is 101 Å². The molecule has 0 fully saturated rings. The summed E-state index contributed by atoms with van der Waals surface area (Å²) in [5, 5.41) is 0. The first-order valence-electron chi connectivity index (χ1n) is 10.6. The van der Waals surface area contributed by atoms with Crippen molar-refractivity contribution in [3.63, 3.8) is 0 Å². The van der Waals surface area contributed by atoms with Crippen LogP contribution in [0.2, 0.25) is 0 Å². The molecule has 0 bridgehead atoms. The summed E-state index contributed by atoms with van der Waals surface area (Å²) in [5.74, 6) is 0.608. The molecule has 0 radical (unpaired) electrons. The number of hydrogen-bond donors (Lipinski definition) is 0. The first-order chi connectivity index (χ1) is 16.2. The van der Waals surface area contributed by atoms with Crippen LogP contribution in [-0.4, -0.2) is 25.8 Å². The summed E-state index contributed by atoms with van der Waals surface area (Å²) in [4.78, 5) is 31.7. The molecular weight excluding hydrogens is 416 g/mol. The zero-order chi connectivity index (χ0) is 22.8. The molecule has 0 amide bonds. The van der Waals surface area contributed by atoms with Crippen LogP contribution in [0.25, 0.3) is 16.9 Å². The maximum atomic E-state index is 13.6. The Kier molecular flexibility index (Phi) is 5.36. The highest BCUT2D eigenvalue weighted by atomic mass is 16.5. The summed E-state index contributed by atoms with van der Waals surface area (Å²) in [6, 6.07) is 26.5. The second-order valence-electron chi connectivity index (χ2n) is 7.73. The van der Waals surface area contributed by atoms with Crippen molar-refractivity contribution in [1.82, 2.24) is 18.7 Å². The molecule has 0 aliphatic rings. The van der Waals surface area contributed by atoms with Gasteiger partial charge in [0.15, 0.2) is 11.2 Å². The van der Waals surface area contributed by atoms with Gasteiger partial charge in [0.2, 0.25) is 0 Å². The molecule has 5 rings (SSSR count). The molecule has 0 aliphatic heterocycles. The summed E-state index contributed by atoms with van der Waals surface area (Å²) < 4.78 is 9.89. The van der Waals surface area contributed by atoms with Crippen LogP contribution in [0.1, 0.15) is 11.1 Å². The number of aromatic nitrogens is 4. The first kappa shape index (κ1) is 20.5. The predicted molar refractivity (Wildman–Crippen MR) is 127 cm³/mol. The van der Waals surface area contributed by atoms with Crippen molar-refractivity contribution in [2.24, 2.45) is 0 Å². The Labute approximate surface area is 189 Å². The average Bonchev–Trinajstić information content (AvgIpc) is 3.26. The zero-order valence-corrected chi connectivity index (χ0v) is 18.1. The fourth-order valence-corrected chi connectivity index (χ4v) is 3.97. The Bertz CT molecular complexity index is 1530. The number of benzene rings is 3. The van der Waals surface area contributed by atoms with Gasteiger partial charge in [-0.15, -0.1) is 0 Å². The van der Waals surface area contributed by atoms with Crippen LogP contribution in [0, 0.1) is 0 Å². The largest absolute Gasteiger partial charge is 0.497 e. The number of nitrogens with zero attached hydrogens (tertiary/aromatic N) is 4. The van der Waals surface area contributed by atoms with Crippen LogP contribution in [0.4, 0.5) is 0 Å². The van der Waals surface area contributed by atoms with Gasteiger partial charge in [0.25, 0.3) is 5.56 Å². The highest BCUT2D eigenvalue weighted by molar-refractivity contribution is 5.72. The zero-order valence-electron chi connectivity index (χ0n) is 18.1. The van der Waals surface area contributed by atoms with Crippen molar-refractivity contribution in [2.45, 2.75) is 13.1 Å². The number of methoxy groups -OCH3 is 1. The van der Waals surface area contributed by atoms with Crippen LogP contribution in [0.5, 0.6) is 5.75 Å². The van der Waals surface area contributed by atoms with E-state index in [9.17, 15) is 9.59 Å². The van der Waals surface area contributed by atoms with Gasteiger partial charge in [-0.2, -0.15) is 0 Å². The molecule has 0 atom stereocenters. The highest BCUT2D eigenvalue weighted by Gasteiger charge is 2.20. The molecule has 2 aromatic heterocycles. The lowest BCUT2D eigenvalue weighted by Gasteiger charge is -2.13. The third-order valence-electron chi connectivity index (χ3n) is 5.59. The molecule has 3 aromatic carbocycles. The van der Waals surface area contributed by atoms with Gasteiger partial charge in [0.05, 0.1) is 25.7 Å². The maximum absolute atomic E-state index is 13.6. The Morgan fingerprint density at radius 1 is 0.818 bits per heavy atom. The van der Waals surface area contributed by atoms with E-state index in [2.05, 4.69) is 4.98 Å². The van der Waals surface area contributed by atoms with Gasteiger partial charge in [-0.05, 0) is 23.3 Å². The second-order valence-corrected chi connectivity index (χ2v) is 7.73. The summed E-state index contributed by atoms with van der Waals surface area (Å²) in [6.07, 6.45) is 1.61. The summed E-state index contributed by atoms with van der Waals surface area (Å²) in [7, 11) is 1.57. The van der Waals surface area contributed by atoms with Crippen molar-refractivity contribution in [3.05, 3.63) is 123 Å². The smallest absolute Gasteiger partial charge is 0.337 e. The third kappa shape index (κ3) is 3.85. The minimum atomic E-state index is -0.449. The molecule has 7 nitrogen and oxygen atoms in total. The van der Waals surface area contributed by atoms with Crippen LogP contribution >= 0.6 is 0 Å². The van der Waals surface area contributed by atoms with E-state index >= 15 is 0 Å². The monoisotopic (exact) mass is 438 g/mol. The molecule has 7 heteroatoms. The Hall–Kier alpha value is -4.39. The fraction of sp³-hybridized carbons (Fsp3) is 0.115. The quantitative estimate of drug-likeness (QED) is 0.407. The third-order valence-corrected chi connectivity index (χ3v) is 5.59. The van der Waals surface area contributed by atoms with Gasteiger partial charge >= 0.3 is 5.69 Å². The molecule has 33 heavy (non-hydrogen) atoms. The molecule has 2 heterocycles. The number of hydrogen-bond acceptors (Lipinski definition) is 4. The molecule has 0 N–H and O–H groups in total. The lowest BCUT2D eigenvalue weighted by molar-refractivity contribution is 0.414. The summed E-state index contributed by atoms with van der Waals surface area (Å²) in [6.45, 7) is 0.628. The summed E-state index contributed by atoms with van der Waals surface area (Å²) >= 11 is 0. The van der Waals surface area contributed by atoms with E-state index in [4.69, 9.17) is 4.74 Å². The Morgan fingerprint density at radius 2 is 1.48 bits per heavy atom. The maximum Gasteiger partial charge on any atom is 0.337 e. The van der Waals surface area contributed by atoms with Crippen molar-refractivity contribution in [1.29, 1.82) is 0 Å². The molecular formula is C26H22N4O3. The lowest BCUT2D eigenvalue weighted by Crippen LogP contribution is -2.40. The first-order valence-corrected chi connectivity index (χ1v) is 10.6. The average molecular weight is 438 g/mol. The Balaban J connectivity index is 1.77. The minimum Gasteiger partial charge on any atom is -0.497 e. The molecule has 0 saturated heterocycles. The van der Waals surface area contributed by atoms with Gasteiger partial charge in [0.1, 0.15) is 5.75 Å². The predicted octanol–water partition coefficient (Wildman–Crippen LogP) is 3.45. The number of fused-ring (bicyclic) bond motifs is 1. The van der Waals surface area contributed by atoms with E-state index < -0.39 is 5.69 Å². The van der Waals surface area contributed by atoms with E-state index in [1.54, 1.807) is 42.3 Å². The van der Waals surface area contributed by atoms with E-state index in [1.807, 2.05) is 60.7 Å². The van der Waals surface area contributed by atoms with Gasteiger partial charge < -0.3 is 9.30 Å². The standard InChI is InChI=1S/C26H22N4O3/c1-33-22-14-8-13-21(15-22)30-24-23(28(18-27-24)16-19-9-4-2-5-10-19)25(31)29(26(30)32)17-20-11-6-3-7-12-20/h2-15,18H,16-17H2,1H3. The van der Waals surface area contributed by atoms with Gasteiger partial charge in [-0.3, -0.25) is 9.36 Å². The van der Waals surface area contributed by atoms with Crippen molar-refractivity contribution in [3.8, 4) is 11.4 Å². The number of rotatable bonds is 6. The molecule has 0 saturated carbocycles. The van der Waals surface area contributed by atoms with Crippen molar-refractivity contribution >= 4 is 11.2 Å². The van der Waals surface area contributed by atoms with Crippen LogP contribution in [0.3, 0.4) is 0 Å². The lowest BCUT2D eigenvalue weighted by atomic mass is 10.2. The normalized spacial score (nSPS) is 11.1. The second kappa shape index (κ2) is 8.63. The van der Waals surface area contributed by atoms with Gasteiger partial charge in [0, 0.05) is 12.6 Å². The minimum absolute atomic E-state index is 0.162. The molecule has 164 valence electrons. The molecule has 0 aliphatic carbocycles. The Morgan fingerprint density at radius 3 is 2.15 bits per heavy atom. The summed E-state index contributed by atoms with van der Waals surface area (Å²) in [5.41, 5.74) is 2.35. The van der Waals surface area contributed by atoms with E-state index in [0.29, 0.717) is 29.1 Å². The van der Waals surface area contributed by atoms with Crippen molar-refractivity contribution in [2.75, 3.05) is 7.11 Å². The van der Waals surface area contributed by atoms with Crippen LogP contribution < -0.4 is 16.0 Å².